The Bertz CT molecular complexity index is 3050. The van der Waals surface area contributed by atoms with Gasteiger partial charge in [-0.25, -0.2) is 0 Å². The second-order valence-electron chi connectivity index (χ2n) is 14.6. The van der Waals surface area contributed by atoms with Gasteiger partial charge in [-0.15, -0.1) is 0 Å². The van der Waals surface area contributed by atoms with Gasteiger partial charge in [-0.05, 0) is 126 Å². The van der Waals surface area contributed by atoms with Crippen LogP contribution in [-0.2, 0) is 5.41 Å². The zero-order chi connectivity index (χ0) is 39.7. The summed E-state index contributed by atoms with van der Waals surface area (Å²) in [6.45, 7) is 4.48. The summed E-state index contributed by atoms with van der Waals surface area (Å²) in [5, 5.41) is 3.96. The minimum atomic E-state index is -0.281. The first kappa shape index (κ1) is 27.9. The molecule has 0 amide bonds. The van der Waals surface area contributed by atoms with Gasteiger partial charge in [0.1, 0.15) is 0 Å². The first-order valence-electron chi connectivity index (χ1n) is 20.5. The van der Waals surface area contributed by atoms with Crippen LogP contribution in [0.25, 0.3) is 66.1 Å². The molecule has 0 saturated heterocycles. The Morgan fingerprint density at radius 2 is 0.963 bits per heavy atom. The average molecular weight is 694 g/mol. The molecule has 1 aliphatic rings. The van der Waals surface area contributed by atoms with E-state index in [2.05, 4.69) is 111 Å². The molecule has 0 unspecified atom stereocenters. The standard InChI is InChI=1S/C53H39N/c1-53(2)51-22-11-10-21-48(51)49-32-31-44(35-52(49)53)54(42-27-23-37(24-28-42)40-17-12-16-39(33-40)36-13-4-3-5-14-36)43-29-25-38(26-30-43)50-34-41-15-6-7-18-45(41)46-19-8-9-20-47(46)50/h3-35H,1-2H3/i25D,26D,29D,30D. The van der Waals surface area contributed by atoms with Gasteiger partial charge in [0, 0.05) is 22.5 Å². The number of hydrogen-bond acceptors (Lipinski definition) is 1. The van der Waals surface area contributed by atoms with Crippen molar-refractivity contribution in [1.82, 2.24) is 0 Å². The van der Waals surface area contributed by atoms with Gasteiger partial charge in [0.25, 0.3) is 0 Å². The second kappa shape index (κ2) is 12.8. The fraction of sp³-hybridized carbons (Fsp3) is 0.0566. The molecule has 0 bridgehead atoms. The maximum absolute atomic E-state index is 9.71. The van der Waals surface area contributed by atoms with Crippen LogP contribution in [0.5, 0.6) is 0 Å². The summed E-state index contributed by atoms with van der Waals surface area (Å²) >= 11 is 0. The molecule has 9 aromatic rings. The third-order valence-corrected chi connectivity index (χ3v) is 11.1. The lowest BCUT2D eigenvalue weighted by Crippen LogP contribution is -2.16. The Balaban J connectivity index is 1.16. The van der Waals surface area contributed by atoms with Gasteiger partial charge in [-0.1, -0.05) is 165 Å². The highest BCUT2D eigenvalue weighted by Gasteiger charge is 2.35. The Kier molecular flexibility index (Phi) is 6.59. The maximum atomic E-state index is 9.71. The van der Waals surface area contributed by atoms with E-state index in [-0.39, 0.29) is 35.3 Å². The lowest BCUT2D eigenvalue weighted by atomic mass is 9.82. The van der Waals surface area contributed by atoms with E-state index >= 15 is 0 Å². The highest BCUT2D eigenvalue weighted by molar-refractivity contribution is 6.13. The molecule has 0 radical (unpaired) electrons. The number of nitrogens with zero attached hydrogens (tertiary/aromatic N) is 1. The molecule has 1 aliphatic carbocycles. The normalized spacial score (nSPS) is 13.8. The maximum Gasteiger partial charge on any atom is 0.0645 e. The average Bonchev–Trinajstić information content (AvgIpc) is 3.50. The van der Waals surface area contributed by atoms with E-state index in [0.717, 1.165) is 66.3 Å². The molecule has 256 valence electrons. The Morgan fingerprint density at radius 1 is 0.370 bits per heavy atom. The monoisotopic (exact) mass is 693 g/mol. The van der Waals surface area contributed by atoms with Gasteiger partial charge in [-0.3, -0.25) is 0 Å². The Labute approximate surface area is 323 Å². The number of anilines is 3. The lowest BCUT2D eigenvalue weighted by Gasteiger charge is -2.28. The molecule has 9 aromatic carbocycles. The van der Waals surface area contributed by atoms with Crippen LogP contribution in [-0.4, -0.2) is 0 Å². The molecule has 0 aliphatic heterocycles. The van der Waals surface area contributed by atoms with E-state index in [0.29, 0.717) is 11.1 Å². The third kappa shape index (κ3) is 5.32. The molecule has 1 heteroatoms. The van der Waals surface area contributed by atoms with E-state index in [9.17, 15) is 5.48 Å². The minimum Gasteiger partial charge on any atom is -0.310 e. The van der Waals surface area contributed by atoms with Crippen molar-refractivity contribution < 1.29 is 5.48 Å². The smallest absolute Gasteiger partial charge is 0.0645 e. The zero-order valence-corrected chi connectivity index (χ0v) is 30.2. The summed E-state index contributed by atoms with van der Waals surface area (Å²) in [4.78, 5) is 1.91. The Morgan fingerprint density at radius 3 is 1.74 bits per heavy atom. The molecule has 0 atom stereocenters. The van der Waals surface area contributed by atoms with Gasteiger partial charge >= 0.3 is 0 Å². The van der Waals surface area contributed by atoms with Crippen molar-refractivity contribution in [2.45, 2.75) is 19.3 Å². The van der Waals surface area contributed by atoms with Crippen LogP contribution in [0, 0.1) is 0 Å². The largest absolute Gasteiger partial charge is 0.310 e. The minimum absolute atomic E-state index is 0.0790. The molecule has 0 spiro atoms. The summed E-state index contributed by atoms with van der Waals surface area (Å²) in [5.74, 6) is 0. The summed E-state index contributed by atoms with van der Waals surface area (Å²) in [6, 6.07) is 59.7. The second-order valence-corrected chi connectivity index (χ2v) is 14.6. The van der Waals surface area contributed by atoms with Crippen LogP contribution in [0.2, 0.25) is 0 Å². The first-order valence-corrected chi connectivity index (χ1v) is 18.5. The van der Waals surface area contributed by atoms with Crippen molar-refractivity contribution in [3.63, 3.8) is 0 Å². The predicted octanol–water partition coefficient (Wildman–Crippen LogP) is 14.8. The van der Waals surface area contributed by atoms with Crippen molar-refractivity contribution >= 4 is 38.6 Å². The van der Waals surface area contributed by atoms with Gasteiger partial charge in [0.05, 0.1) is 5.48 Å². The fourth-order valence-electron chi connectivity index (χ4n) is 8.36. The molecule has 1 nitrogen and oxygen atoms in total. The number of hydrogen-bond donors (Lipinski definition) is 0. The summed E-state index contributed by atoms with van der Waals surface area (Å²) in [5.41, 5.74) is 11.6. The highest BCUT2D eigenvalue weighted by atomic mass is 15.1. The predicted molar refractivity (Wildman–Crippen MR) is 230 cm³/mol. The third-order valence-electron chi connectivity index (χ3n) is 11.1. The van der Waals surface area contributed by atoms with Crippen molar-refractivity contribution in [3.8, 4) is 44.5 Å². The van der Waals surface area contributed by atoms with Gasteiger partial charge in [0.2, 0.25) is 0 Å². The van der Waals surface area contributed by atoms with Crippen molar-refractivity contribution in [2.75, 3.05) is 4.90 Å². The van der Waals surface area contributed by atoms with Crippen LogP contribution >= 0.6 is 0 Å². The number of fused-ring (bicyclic) bond motifs is 6. The van der Waals surface area contributed by atoms with Crippen LogP contribution in [0.4, 0.5) is 17.1 Å². The summed E-state index contributed by atoms with van der Waals surface area (Å²) in [7, 11) is 0. The number of rotatable bonds is 6. The lowest BCUT2D eigenvalue weighted by molar-refractivity contribution is 0.660. The zero-order valence-electron chi connectivity index (χ0n) is 34.2. The molecule has 0 aromatic heterocycles. The van der Waals surface area contributed by atoms with E-state index < -0.39 is 0 Å². The van der Waals surface area contributed by atoms with E-state index in [1.54, 1.807) is 0 Å². The molecule has 0 fully saturated rings. The molecule has 0 heterocycles. The van der Waals surface area contributed by atoms with Crippen LogP contribution in [0.3, 0.4) is 0 Å². The van der Waals surface area contributed by atoms with Crippen LogP contribution in [0.15, 0.2) is 200 Å². The fourth-order valence-corrected chi connectivity index (χ4v) is 8.36. The quantitative estimate of drug-likeness (QED) is 0.157. The first-order chi connectivity index (χ1) is 28.2. The van der Waals surface area contributed by atoms with Crippen molar-refractivity contribution in [3.05, 3.63) is 211 Å². The van der Waals surface area contributed by atoms with E-state index in [1.807, 2.05) is 83.8 Å². The van der Waals surface area contributed by atoms with Crippen molar-refractivity contribution in [1.29, 1.82) is 0 Å². The highest BCUT2D eigenvalue weighted by Crippen LogP contribution is 2.51. The molecule has 54 heavy (non-hydrogen) atoms. The molecule has 0 saturated carbocycles. The van der Waals surface area contributed by atoms with Crippen LogP contribution in [0.1, 0.15) is 30.5 Å². The SMILES string of the molecule is [2H]c1c([2H])c(N(c2ccc(-c3cccc(-c4ccccc4)c3)cc2)c2ccc3c(c2)C(C)(C)c2ccccc2-3)c([2H])c([2H])c1-c1cc2ccccc2c2ccccc12. The van der Waals surface area contributed by atoms with E-state index in [4.69, 9.17) is 0 Å². The molecule has 10 rings (SSSR count). The van der Waals surface area contributed by atoms with Gasteiger partial charge < -0.3 is 4.90 Å². The van der Waals surface area contributed by atoms with Gasteiger partial charge in [0.15, 0.2) is 0 Å². The summed E-state index contributed by atoms with van der Waals surface area (Å²) < 4.78 is 38.6. The number of benzene rings is 9. The van der Waals surface area contributed by atoms with Gasteiger partial charge in [-0.2, -0.15) is 0 Å². The molecular weight excluding hydrogens is 651 g/mol. The molecular formula is C53H39N. The van der Waals surface area contributed by atoms with Crippen LogP contribution < -0.4 is 4.90 Å². The summed E-state index contributed by atoms with van der Waals surface area (Å²) in [6.07, 6.45) is 0. The Hall–Kier alpha value is -6.70. The van der Waals surface area contributed by atoms with E-state index in [1.165, 1.54) is 11.1 Å². The van der Waals surface area contributed by atoms with Crippen molar-refractivity contribution in [2.24, 2.45) is 0 Å². The molecule has 0 N–H and O–H groups in total. The topological polar surface area (TPSA) is 3.24 Å².